The maximum absolute atomic E-state index is 13.4. The molecule has 3 N–H and O–H groups in total. The highest BCUT2D eigenvalue weighted by Gasteiger charge is 2.29. The molecule has 0 radical (unpaired) electrons. The number of benzene rings is 1. The van der Waals surface area contributed by atoms with Gasteiger partial charge in [-0.1, -0.05) is 6.07 Å². The first-order chi connectivity index (χ1) is 7.53. The summed E-state index contributed by atoms with van der Waals surface area (Å²) in [5, 5.41) is 0. The van der Waals surface area contributed by atoms with Gasteiger partial charge in [-0.15, -0.1) is 0 Å². The lowest BCUT2D eigenvalue weighted by atomic mass is 10.2. The Morgan fingerprint density at radius 3 is 2.69 bits per heavy atom. The van der Waals surface area contributed by atoms with Gasteiger partial charge in [0.05, 0.1) is 0 Å². The lowest BCUT2D eigenvalue weighted by Gasteiger charge is -2.07. The van der Waals surface area contributed by atoms with Crippen molar-refractivity contribution in [2.45, 2.75) is 30.3 Å². The van der Waals surface area contributed by atoms with Crippen LogP contribution in [0.1, 0.15) is 18.4 Å². The van der Waals surface area contributed by atoms with Crippen LogP contribution in [0.3, 0.4) is 0 Å². The molecule has 0 spiro atoms. The Bertz CT molecular complexity index is 498. The van der Waals surface area contributed by atoms with Crippen molar-refractivity contribution in [3.63, 3.8) is 0 Å². The van der Waals surface area contributed by atoms with E-state index in [9.17, 15) is 12.8 Å². The topological polar surface area (TPSA) is 72.2 Å². The highest BCUT2D eigenvalue weighted by atomic mass is 32.2. The van der Waals surface area contributed by atoms with E-state index in [1.165, 1.54) is 12.1 Å². The van der Waals surface area contributed by atoms with Crippen LogP contribution in [-0.4, -0.2) is 14.5 Å². The van der Waals surface area contributed by atoms with Gasteiger partial charge in [0.2, 0.25) is 10.0 Å². The minimum atomic E-state index is -3.74. The molecule has 0 saturated heterocycles. The van der Waals surface area contributed by atoms with Gasteiger partial charge in [-0.05, 0) is 30.5 Å². The lowest BCUT2D eigenvalue weighted by Crippen LogP contribution is -2.26. The quantitative estimate of drug-likeness (QED) is 0.820. The molecule has 1 aliphatic carbocycles. The largest absolute Gasteiger partial charge is 0.326 e. The Labute approximate surface area is 93.7 Å². The maximum Gasteiger partial charge on any atom is 0.243 e. The second-order valence-corrected chi connectivity index (χ2v) is 5.55. The van der Waals surface area contributed by atoms with Gasteiger partial charge in [0.25, 0.3) is 0 Å². The average Bonchev–Trinajstić information content (AvgIpc) is 3.01. The summed E-state index contributed by atoms with van der Waals surface area (Å²) < 4.78 is 39.4. The number of sulfonamides is 1. The predicted molar refractivity (Wildman–Crippen MR) is 57.6 cm³/mol. The molecule has 1 aromatic carbocycles. The van der Waals surface area contributed by atoms with Crippen molar-refractivity contribution in [2.75, 3.05) is 0 Å². The van der Waals surface area contributed by atoms with Crippen molar-refractivity contribution in [1.29, 1.82) is 0 Å². The van der Waals surface area contributed by atoms with Crippen molar-refractivity contribution >= 4 is 10.0 Å². The Kier molecular flexibility index (Phi) is 2.96. The number of halogens is 1. The molecule has 88 valence electrons. The number of hydrogen-bond donors (Lipinski definition) is 2. The van der Waals surface area contributed by atoms with Gasteiger partial charge >= 0.3 is 0 Å². The number of hydrogen-bond acceptors (Lipinski definition) is 3. The molecule has 1 saturated carbocycles. The number of nitrogens with one attached hydrogen (secondary N) is 1. The zero-order valence-corrected chi connectivity index (χ0v) is 9.43. The zero-order valence-electron chi connectivity index (χ0n) is 8.61. The van der Waals surface area contributed by atoms with E-state index in [0.29, 0.717) is 5.56 Å². The molecule has 0 aromatic heterocycles. The first-order valence-corrected chi connectivity index (χ1v) is 6.52. The van der Waals surface area contributed by atoms with Gasteiger partial charge < -0.3 is 5.73 Å². The smallest absolute Gasteiger partial charge is 0.243 e. The fraction of sp³-hybridized carbons (Fsp3) is 0.400. The molecule has 0 atom stereocenters. The van der Waals surface area contributed by atoms with Gasteiger partial charge in [-0.25, -0.2) is 17.5 Å². The highest BCUT2D eigenvalue weighted by molar-refractivity contribution is 7.89. The second kappa shape index (κ2) is 4.12. The highest BCUT2D eigenvalue weighted by Crippen LogP contribution is 2.23. The van der Waals surface area contributed by atoms with E-state index in [2.05, 4.69) is 4.72 Å². The maximum atomic E-state index is 13.4. The molecule has 6 heteroatoms. The van der Waals surface area contributed by atoms with Crippen LogP contribution in [0.4, 0.5) is 4.39 Å². The standard InChI is InChI=1S/C10H13FN2O2S/c11-9-4-1-7(6-12)5-10(9)16(14,15)13-8-2-3-8/h1,4-5,8,13H,2-3,6,12H2. The van der Waals surface area contributed by atoms with Crippen LogP contribution < -0.4 is 10.5 Å². The fourth-order valence-electron chi connectivity index (χ4n) is 1.36. The predicted octanol–water partition coefficient (Wildman–Crippen LogP) is 0.725. The monoisotopic (exact) mass is 244 g/mol. The Hall–Kier alpha value is -0.980. The van der Waals surface area contributed by atoms with Crippen LogP contribution in [0.15, 0.2) is 23.1 Å². The van der Waals surface area contributed by atoms with E-state index in [4.69, 9.17) is 5.73 Å². The minimum Gasteiger partial charge on any atom is -0.326 e. The van der Waals surface area contributed by atoms with Gasteiger partial charge in [-0.3, -0.25) is 0 Å². The summed E-state index contributed by atoms with van der Waals surface area (Å²) >= 11 is 0. The van der Waals surface area contributed by atoms with Crippen LogP contribution >= 0.6 is 0 Å². The third-order valence-electron chi connectivity index (χ3n) is 2.42. The molecule has 1 aliphatic rings. The molecular weight excluding hydrogens is 231 g/mol. The summed E-state index contributed by atoms with van der Waals surface area (Å²) in [5.74, 6) is -0.745. The van der Waals surface area contributed by atoms with Gasteiger partial charge in [0.1, 0.15) is 10.7 Å². The molecule has 0 heterocycles. The first kappa shape index (κ1) is 11.5. The third kappa shape index (κ3) is 2.40. The van der Waals surface area contributed by atoms with E-state index in [1.54, 1.807) is 0 Å². The van der Waals surface area contributed by atoms with E-state index in [-0.39, 0.29) is 17.5 Å². The average molecular weight is 244 g/mol. The van der Waals surface area contributed by atoms with Crippen molar-refractivity contribution in [2.24, 2.45) is 5.73 Å². The number of rotatable bonds is 4. The van der Waals surface area contributed by atoms with Gasteiger partial charge in [0, 0.05) is 12.6 Å². The molecular formula is C10H13FN2O2S. The zero-order chi connectivity index (χ0) is 11.8. The molecule has 0 aliphatic heterocycles. The molecule has 0 bridgehead atoms. The van der Waals surface area contributed by atoms with Gasteiger partial charge in [0.15, 0.2) is 0 Å². The molecule has 1 aromatic rings. The van der Waals surface area contributed by atoms with Crippen molar-refractivity contribution in [3.8, 4) is 0 Å². The Morgan fingerprint density at radius 2 is 2.12 bits per heavy atom. The van der Waals surface area contributed by atoms with Gasteiger partial charge in [-0.2, -0.15) is 0 Å². The third-order valence-corrected chi connectivity index (χ3v) is 3.96. The summed E-state index contributed by atoms with van der Waals surface area (Å²) in [4.78, 5) is -0.317. The van der Waals surface area contributed by atoms with E-state index in [0.717, 1.165) is 18.9 Å². The first-order valence-electron chi connectivity index (χ1n) is 5.04. The summed E-state index contributed by atoms with van der Waals surface area (Å²) in [6.07, 6.45) is 1.63. The molecule has 1 fully saturated rings. The van der Waals surface area contributed by atoms with Crippen molar-refractivity contribution < 1.29 is 12.8 Å². The molecule has 4 nitrogen and oxygen atoms in total. The normalized spacial score (nSPS) is 16.4. The van der Waals surface area contributed by atoms with Crippen LogP contribution in [0.25, 0.3) is 0 Å². The van der Waals surface area contributed by atoms with Crippen LogP contribution in [0.5, 0.6) is 0 Å². The molecule has 16 heavy (non-hydrogen) atoms. The minimum absolute atomic E-state index is 0.0362. The summed E-state index contributed by atoms with van der Waals surface area (Å²) in [5.41, 5.74) is 5.98. The van der Waals surface area contributed by atoms with Crippen LogP contribution in [0, 0.1) is 5.82 Å². The molecule has 2 rings (SSSR count). The van der Waals surface area contributed by atoms with Crippen molar-refractivity contribution in [1.82, 2.24) is 4.72 Å². The van der Waals surface area contributed by atoms with E-state index < -0.39 is 15.8 Å². The van der Waals surface area contributed by atoms with E-state index >= 15 is 0 Å². The second-order valence-electron chi connectivity index (χ2n) is 3.86. The molecule has 0 unspecified atom stereocenters. The van der Waals surface area contributed by atoms with Crippen molar-refractivity contribution in [3.05, 3.63) is 29.6 Å². The van der Waals surface area contributed by atoms with Crippen LogP contribution in [-0.2, 0) is 16.6 Å². The Morgan fingerprint density at radius 1 is 1.44 bits per heavy atom. The summed E-state index contributed by atoms with van der Waals surface area (Å²) in [6.45, 7) is 0.187. The number of nitrogens with two attached hydrogens (primary N) is 1. The summed E-state index contributed by atoms with van der Waals surface area (Å²) in [7, 11) is -3.74. The van der Waals surface area contributed by atoms with E-state index in [1.807, 2.05) is 0 Å². The molecule has 0 amide bonds. The SMILES string of the molecule is NCc1ccc(F)c(S(=O)(=O)NC2CC2)c1. The fourth-order valence-corrected chi connectivity index (χ4v) is 2.80. The lowest BCUT2D eigenvalue weighted by molar-refractivity contribution is 0.556. The van der Waals surface area contributed by atoms with Crippen LogP contribution in [0.2, 0.25) is 0 Å². The Balaban J connectivity index is 2.36. The summed E-state index contributed by atoms with van der Waals surface area (Å²) in [6, 6.07) is 3.85.